The summed E-state index contributed by atoms with van der Waals surface area (Å²) in [6.45, 7) is 2.68. The lowest BCUT2D eigenvalue weighted by atomic mass is 9.67. The molecule has 0 radical (unpaired) electrons. The Kier molecular flexibility index (Phi) is 3.81. The highest BCUT2D eigenvalue weighted by Crippen LogP contribution is 2.68. The summed E-state index contributed by atoms with van der Waals surface area (Å²) in [4.78, 5) is 0. The third kappa shape index (κ3) is 2.19. The average molecular weight is 358 g/mol. The normalized spacial score (nSPS) is 40.7. The zero-order valence-corrected chi connectivity index (χ0v) is 12.1. The standard InChI is InChI=1S/C13H15F9O/c1-5-6(2)8-3-7(5)9(14,11(8,15)16)4-10(23,12(17,18)19)13(20,21)22/h5-8,23H,3-4H2,1-2H3. The molecule has 0 spiro atoms. The van der Waals surface area contributed by atoms with Crippen molar-refractivity contribution >= 4 is 0 Å². The van der Waals surface area contributed by atoms with E-state index in [9.17, 15) is 39.5 Å². The van der Waals surface area contributed by atoms with Gasteiger partial charge in [-0.25, -0.2) is 13.2 Å². The van der Waals surface area contributed by atoms with E-state index >= 15 is 0 Å². The predicted octanol–water partition coefficient (Wildman–Crippen LogP) is 4.50. The summed E-state index contributed by atoms with van der Waals surface area (Å²) in [5.74, 6) is -9.22. The molecule has 0 aliphatic heterocycles. The van der Waals surface area contributed by atoms with Crippen LogP contribution < -0.4 is 0 Å². The molecule has 136 valence electrons. The van der Waals surface area contributed by atoms with Gasteiger partial charge >= 0.3 is 12.4 Å². The first-order chi connectivity index (χ1) is 10.0. The monoisotopic (exact) mass is 358 g/mol. The molecule has 0 heterocycles. The molecule has 1 N–H and O–H groups in total. The van der Waals surface area contributed by atoms with E-state index in [-0.39, 0.29) is 0 Å². The molecule has 5 atom stereocenters. The Hall–Kier alpha value is -0.670. The van der Waals surface area contributed by atoms with Gasteiger partial charge < -0.3 is 5.11 Å². The maximum Gasteiger partial charge on any atom is 0.426 e. The summed E-state index contributed by atoms with van der Waals surface area (Å²) < 4.78 is 120. The number of aliphatic hydroxyl groups is 1. The van der Waals surface area contributed by atoms with Crippen molar-refractivity contribution in [2.75, 3.05) is 0 Å². The van der Waals surface area contributed by atoms with Gasteiger partial charge in [0.15, 0.2) is 5.67 Å². The highest BCUT2D eigenvalue weighted by atomic mass is 19.4. The quantitative estimate of drug-likeness (QED) is 0.721. The summed E-state index contributed by atoms with van der Waals surface area (Å²) in [6.07, 6.45) is -15.9. The maximum absolute atomic E-state index is 14.9. The van der Waals surface area contributed by atoms with E-state index in [0.717, 1.165) is 0 Å². The predicted molar refractivity (Wildman–Crippen MR) is 60.4 cm³/mol. The largest absolute Gasteiger partial charge is 0.426 e. The van der Waals surface area contributed by atoms with Crippen LogP contribution in [0.25, 0.3) is 0 Å². The molecular formula is C13H15F9O. The zero-order chi connectivity index (χ0) is 18.2. The first kappa shape index (κ1) is 18.7. The Labute approximate surface area is 125 Å². The number of fused-ring (bicyclic) bond motifs is 2. The van der Waals surface area contributed by atoms with Crippen LogP contribution in [0.1, 0.15) is 26.7 Å². The number of halogens is 9. The van der Waals surface area contributed by atoms with Gasteiger partial charge in [-0.2, -0.15) is 26.3 Å². The lowest BCUT2D eigenvalue weighted by Crippen LogP contribution is -2.65. The van der Waals surface area contributed by atoms with Gasteiger partial charge in [0.05, 0.1) is 0 Å². The average Bonchev–Trinajstić information content (AvgIpc) is 2.72. The second-order valence-electron chi connectivity index (χ2n) is 6.68. The van der Waals surface area contributed by atoms with Crippen molar-refractivity contribution in [3.8, 4) is 0 Å². The Morgan fingerprint density at radius 2 is 1.26 bits per heavy atom. The molecule has 2 aliphatic rings. The van der Waals surface area contributed by atoms with Gasteiger partial charge in [0.1, 0.15) is 0 Å². The highest BCUT2D eigenvalue weighted by molar-refractivity contribution is 5.19. The summed E-state index contributed by atoms with van der Waals surface area (Å²) in [5.41, 5.74) is -9.59. The molecular weight excluding hydrogens is 343 g/mol. The van der Waals surface area contributed by atoms with Crippen molar-refractivity contribution in [3.63, 3.8) is 0 Å². The molecule has 10 heteroatoms. The number of rotatable bonds is 2. The Morgan fingerprint density at radius 3 is 1.61 bits per heavy atom. The minimum Gasteiger partial charge on any atom is -0.374 e. The number of hydrogen-bond acceptors (Lipinski definition) is 1. The topological polar surface area (TPSA) is 20.2 Å². The lowest BCUT2D eigenvalue weighted by molar-refractivity contribution is -0.384. The van der Waals surface area contributed by atoms with Crippen molar-refractivity contribution in [2.24, 2.45) is 23.7 Å². The minimum absolute atomic E-state index is 0.502. The van der Waals surface area contributed by atoms with Crippen LogP contribution >= 0.6 is 0 Å². The van der Waals surface area contributed by atoms with E-state index in [2.05, 4.69) is 0 Å². The molecule has 0 saturated heterocycles. The van der Waals surface area contributed by atoms with Gasteiger partial charge in [0.2, 0.25) is 0 Å². The van der Waals surface area contributed by atoms with Crippen LogP contribution in [0.5, 0.6) is 0 Å². The summed E-state index contributed by atoms with van der Waals surface area (Å²) in [7, 11) is 0. The van der Waals surface area contributed by atoms with Crippen LogP contribution in [0.15, 0.2) is 0 Å². The molecule has 2 fully saturated rings. The Balaban J connectivity index is 2.49. The van der Waals surface area contributed by atoms with Crippen LogP contribution in [-0.2, 0) is 0 Å². The molecule has 1 nitrogen and oxygen atoms in total. The van der Waals surface area contributed by atoms with E-state index in [1.165, 1.54) is 13.8 Å². The van der Waals surface area contributed by atoms with Crippen molar-refractivity contribution < 1.29 is 44.6 Å². The smallest absolute Gasteiger partial charge is 0.374 e. The molecule has 0 aromatic carbocycles. The summed E-state index contributed by atoms with van der Waals surface area (Å²) >= 11 is 0. The fourth-order valence-corrected chi connectivity index (χ4v) is 4.06. The first-order valence-electron chi connectivity index (χ1n) is 6.93. The molecule has 0 aromatic rings. The van der Waals surface area contributed by atoms with Crippen molar-refractivity contribution in [1.82, 2.24) is 0 Å². The molecule has 2 rings (SSSR count). The van der Waals surface area contributed by atoms with Gasteiger partial charge in [-0.3, -0.25) is 0 Å². The lowest BCUT2D eigenvalue weighted by Gasteiger charge is -2.46. The first-order valence-corrected chi connectivity index (χ1v) is 6.93. The van der Waals surface area contributed by atoms with Crippen LogP contribution in [-0.4, -0.2) is 34.7 Å². The Bertz CT molecular complexity index is 469. The van der Waals surface area contributed by atoms with Crippen molar-refractivity contribution in [2.45, 2.75) is 56.2 Å². The van der Waals surface area contributed by atoms with Crippen LogP contribution in [0.4, 0.5) is 39.5 Å². The van der Waals surface area contributed by atoms with Gasteiger partial charge in [0, 0.05) is 18.3 Å². The highest BCUT2D eigenvalue weighted by Gasteiger charge is 2.81. The summed E-state index contributed by atoms with van der Waals surface area (Å²) in [5, 5.41) is 9.10. The van der Waals surface area contributed by atoms with Crippen molar-refractivity contribution in [3.05, 3.63) is 0 Å². The van der Waals surface area contributed by atoms with E-state index < -0.39 is 66.1 Å². The third-order valence-corrected chi connectivity index (χ3v) is 5.67. The second kappa shape index (κ2) is 4.70. The van der Waals surface area contributed by atoms with Crippen molar-refractivity contribution in [1.29, 1.82) is 0 Å². The fourth-order valence-electron chi connectivity index (χ4n) is 4.06. The van der Waals surface area contributed by atoms with E-state index in [1.54, 1.807) is 0 Å². The molecule has 2 bridgehead atoms. The Morgan fingerprint density at radius 1 is 0.870 bits per heavy atom. The molecule has 5 unspecified atom stereocenters. The van der Waals surface area contributed by atoms with Crippen LogP contribution in [0.2, 0.25) is 0 Å². The summed E-state index contributed by atoms with van der Waals surface area (Å²) in [6, 6.07) is 0. The van der Waals surface area contributed by atoms with E-state index in [4.69, 9.17) is 5.11 Å². The molecule has 2 aliphatic carbocycles. The SMILES string of the molecule is CC1C(C)C2CC1C(F)(F)C2(F)CC(O)(C(F)(F)F)C(F)(F)F. The van der Waals surface area contributed by atoms with Gasteiger partial charge in [0.25, 0.3) is 11.5 Å². The van der Waals surface area contributed by atoms with Crippen LogP contribution in [0.3, 0.4) is 0 Å². The fraction of sp³-hybridized carbons (Fsp3) is 1.00. The number of alkyl halides is 9. The maximum atomic E-state index is 14.9. The van der Waals surface area contributed by atoms with Crippen LogP contribution in [0, 0.1) is 23.7 Å². The molecule has 0 aromatic heterocycles. The van der Waals surface area contributed by atoms with E-state index in [1.807, 2.05) is 0 Å². The third-order valence-electron chi connectivity index (χ3n) is 5.67. The molecule has 23 heavy (non-hydrogen) atoms. The van der Waals surface area contributed by atoms with Gasteiger partial charge in [-0.15, -0.1) is 0 Å². The number of hydrogen-bond donors (Lipinski definition) is 1. The molecule has 2 saturated carbocycles. The molecule has 0 amide bonds. The van der Waals surface area contributed by atoms with E-state index in [0.29, 0.717) is 0 Å². The zero-order valence-electron chi connectivity index (χ0n) is 12.1. The van der Waals surface area contributed by atoms with Gasteiger partial charge in [-0.05, 0) is 18.3 Å². The second-order valence-corrected chi connectivity index (χ2v) is 6.68. The van der Waals surface area contributed by atoms with Gasteiger partial charge in [-0.1, -0.05) is 13.8 Å². The minimum atomic E-state index is -6.32.